The van der Waals surface area contributed by atoms with Gasteiger partial charge in [-0.05, 0) is 19.4 Å². The minimum Gasteiger partial charge on any atom is -0.316 e. The van der Waals surface area contributed by atoms with Crippen molar-refractivity contribution in [2.24, 2.45) is 5.92 Å². The second kappa shape index (κ2) is 3.66. The van der Waals surface area contributed by atoms with Gasteiger partial charge >= 0.3 is 0 Å². The third-order valence-corrected chi connectivity index (χ3v) is 3.34. The quantitative estimate of drug-likeness (QED) is 0.729. The number of nitrogens with one attached hydrogen (secondary N) is 2. The fraction of sp³-hybridized carbons (Fsp3) is 0.545. The third-order valence-electron chi connectivity index (χ3n) is 3.34. The van der Waals surface area contributed by atoms with Crippen molar-refractivity contribution in [3.63, 3.8) is 0 Å². The average molecular weight is 233 g/mol. The first-order valence-electron chi connectivity index (χ1n) is 5.82. The predicted molar refractivity (Wildman–Crippen MR) is 63.1 cm³/mol. The van der Waals surface area contributed by atoms with Crippen molar-refractivity contribution in [2.75, 3.05) is 13.1 Å². The van der Waals surface area contributed by atoms with E-state index >= 15 is 0 Å². The van der Waals surface area contributed by atoms with Crippen LogP contribution in [0, 0.1) is 12.8 Å². The van der Waals surface area contributed by atoms with Crippen molar-refractivity contribution >= 4 is 5.78 Å². The highest BCUT2D eigenvalue weighted by Crippen LogP contribution is 2.24. The predicted octanol–water partition coefficient (Wildman–Crippen LogP) is 0.0489. The lowest BCUT2D eigenvalue weighted by atomic mass is 9.98. The standard InChI is InChI=1S/C11H15N5O/c1-6-4-12-5-8(6)10-14-11-13-7(2)3-9(17)16(11)15-10/h3,6,8,12H,4-5H2,1-2H3,(H,13,14,15)/t6-,8-/m1/s1. The maximum absolute atomic E-state index is 11.7. The maximum atomic E-state index is 11.7. The molecule has 6 heteroatoms. The Kier molecular flexibility index (Phi) is 2.25. The lowest BCUT2D eigenvalue weighted by molar-refractivity contribution is 0.545. The molecule has 0 amide bonds. The van der Waals surface area contributed by atoms with E-state index < -0.39 is 0 Å². The van der Waals surface area contributed by atoms with E-state index in [2.05, 4.69) is 27.3 Å². The van der Waals surface area contributed by atoms with Crippen LogP contribution in [0.5, 0.6) is 0 Å². The van der Waals surface area contributed by atoms with Crippen LogP contribution in [-0.4, -0.2) is 32.7 Å². The first kappa shape index (κ1) is 10.5. The molecule has 1 aliphatic rings. The van der Waals surface area contributed by atoms with Crippen LogP contribution in [0.3, 0.4) is 0 Å². The second-order valence-electron chi connectivity index (χ2n) is 4.72. The highest BCUT2D eigenvalue weighted by molar-refractivity contribution is 5.28. The fourth-order valence-corrected chi connectivity index (χ4v) is 2.35. The number of aromatic nitrogens is 4. The summed E-state index contributed by atoms with van der Waals surface area (Å²) < 4.78 is 1.41. The van der Waals surface area contributed by atoms with Gasteiger partial charge in [-0.3, -0.25) is 9.89 Å². The molecule has 6 nitrogen and oxygen atoms in total. The topological polar surface area (TPSA) is 75.1 Å². The number of aryl methyl sites for hydroxylation is 1. The van der Waals surface area contributed by atoms with Gasteiger partial charge in [0.15, 0.2) is 0 Å². The number of rotatable bonds is 1. The first-order valence-corrected chi connectivity index (χ1v) is 5.82. The smallest absolute Gasteiger partial charge is 0.274 e. The van der Waals surface area contributed by atoms with Crippen LogP contribution in [0.4, 0.5) is 0 Å². The van der Waals surface area contributed by atoms with E-state index in [4.69, 9.17) is 0 Å². The Morgan fingerprint density at radius 2 is 2.24 bits per heavy atom. The second-order valence-corrected chi connectivity index (χ2v) is 4.72. The molecular formula is C11H15N5O. The van der Waals surface area contributed by atoms with Crippen LogP contribution in [0.15, 0.2) is 10.9 Å². The largest absolute Gasteiger partial charge is 0.316 e. The molecule has 3 heterocycles. The van der Waals surface area contributed by atoms with E-state index in [0.717, 1.165) is 18.9 Å². The Morgan fingerprint density at radius 1 is 1.41 bits per heavy atom. The molecule has 0 unspecified atom stereocenters. The Labute approximate surface area is 98.1 Å². The molecule has 1 aliphatic heterocycles. The molecule has 0 bridgehead atoms. The summed E-state index contributed by atoms with van der Waals surface area (Å²) in [7, 11) is 0. The molecule has 0 aromatic carbocycles. The van der Waals surface area contributed by atoms with Gasteiger partial charge in [0.2, 0.25) is 0 Å². The summed E-state index contributed by atoms with van der Waals surface area (Å²) in [4.78, 5) is 20.4. The number of hydrogen-bond acceptors (Lipinski definition) is 4. The van der Waals surface area contributed by atoms with Crippen molar-refractivity contribution in [3.8, 4) is 0 Å². The minimum atomic E-state index is -0.107. The molecule has 3 rings (SSSR count). The highest BCUT2D eigenvalue weighted by Gasteiger charge is 2.27. The molecule has 1 fully saturated rings. The van der Waals surface area contributed by atoms with Crippen molar-refractivity contribution < 1.29 is 0 Å². The summed E-state index contributed by atoms with van der Waals surface area (Å²) in [6.45, 7) is 5.87. The zero-order valence-corrected chi connectivity index (χ0v) is 9.90. The van der Waals surface area contributed by atoms with Gasteiger partial charge in [0.05, 0.1) is 0 Å². The van der Waals surface area contributed by atoms with Gasteiger partial charge in [-0.1, -0.05) is 6.92 Å². The third kappa shape index (κ3) is 1.64. The van der Waals surface area contributed by atoms with Gasteiger partial charge in [-0.2, -0.15) is 9.50 Å². The number of fused-ring (bicyclic) bond motifs is 1. The molecule has 1 saturated heterocycles. The van der Waals surface area contributed by atoms with Crippen LogP contribution in [-0.2, 0) is 0 Å². The monoisotopic (exact) mass is 233 g/mol. The summed E-state index contributed by atoms with van der Waals surface area (Å²) in [6.07, 6.45) is 0. The molecule has 2 atom stereocenters. The Hall–Kier alpha value is -1.69. The molecular weight excluding hydrogens is 218 g/mol. The molecule has 2 N–H and O–H groups in total. The fourth-order valence-electron chi connectivity index (χ4n) is 2.35. The summed E-state index contributed by atoms with van der Waals surface area (Å²) >= 11 is 0. The molecule has 2 aromatic rings. The van der Waals surface area contributed by atoms with Crippen molar-refractivity contribution in [1.82, 2.24) is 24.9 Å². The normalized spacial score (nSPS) is 24.6. The summed E-state index contributed by atoms with van der Waals surface area (Å²) in [5.74, 6) is 2.16. The van der Waals surface area contributed by atoms with E-state index in [-0.39, 0.29) is 5.56 Å². The Bertz CT molecular complexity index is 614. The molecule has 0 radical (unpaired) electrons. The summed E-state index contributed by atoms with van der Waals surface area (Å²) in [6, 6.07) is 1.51. The SMILES string of the molecule is Cc1cc(=O)n2[nH]c([C@@H]3CNC[C@H]3C)nc2n1. The van der Waals surface area contributed by atoms with Crippen molar-refractivity contribution in [2.45, 2.75) is 19.8 Å². The van der Waals surface area contributed by atoms with Crippen LogP contribution in [0.25, 0.3) is 5.78 Å². The maximum Gasteiger partial charge on any atom is 0.274 e. The van der Waals surface area contributed by atoms with Gasteiger partial charge in [0.1, 0.15) is 5.82 Å². The van der Waals surface area contributed by atoms with Gasteiger partial charge in [0, 0.05) is 24.2 Å². The van der Waals surface area contributed by atoms with Crippen molar-refractivity contribution in [1.29, 1.82) is 0 Å². The van der Waals surface area contributed by atoms with Gasteiger partial charge < -0.3 is 5.32 Å². The van der Waals surface area contributed by atoms with E-state index in [1.165, 1.54) is 10.6 Å². The zero-order valence-electron chi connectivity index (χ0n) is 9.90. The van der Waals surface area contributed by atoms with E-state index in [0.29, 0.717) is 23.3 Å². The van der Waals surface area contributed by atoms with E-state index in [1.807, 2.05) is 0 Å². The number of hydrogen-bond donors (Lipinski definition) is 2. The van der Waals surface area contributed by atoms with Crippen LogP contribution in [0.2, 0.25) is 0 Å². The van der Waals surface area contributed by atoms with E-state index in [1.54, 1.807) is 6.92 Å². The van der Waals surface area contributed by atoms with Crippen LogP contribution in [0.1, 0.15) is 24.4 Å². The van der Waals surface area contributed by atoms with Gasteiger partial charge in [0.25, 0.3) is 11.3 Å². The van der Waals surface area contributed by atoms with Crippen LogP contribution >= 0.6 is 0 Å². The molecule has 17 heavy (non-hydrogen) atoms. The summed E-state index contributed by atoms with van der Waals surface area (Å²) in [5, 5.41) is 6.38. The average Bonchev–Trinajstić information content (AvgIpc) is 2.83. The Balaban J connectivity index is 2.13. The molecule has 90 valence electrons. The lowest BCUT2D eigenvalue weighted by Gasteiger charge is -2.09. The minimum absolute atomic E-state index is 0.107. The van der Waals surface area contributed by atoms with Crippen LogP contribution < -0.4 is 10.9 Å². The van der Waals surface area contributed by atoms with Gasteiger partial charge in [-0.15, -0.1) is 0 Å². The zero-order chi connectivity index (χ0) is 12.0. The Morgan fingerprint density at radius 3 is 2.94 bits per heavy atom. The number of aromatic amines is 1. The molecule has 2 aromatic heterocycles. The van der Waals surface area contributed by atoms with Crippen molar-refractivity contribution in [3.05, 3.63) is 27.9 Å². The highest BCUT2D eigenvalue weighted by atomic mass is 16.1. The lowest BCUT2D eigenvalue weighted by Crippen LogP contribution is -2.15. The number of H-pyrrole nitrogens is 1. The number of nitrogens with zero attached hydrogens (tertiary/aromatic N) is 3. The van der Waals surface area contributed by atoms with Gasteiger partial charge in [-0.25, -0.2) is 4.98 Å². The molecule has 0 spiro atoms. The summed E-state index contributed by atoms with van der Waals surface area (Å²) in [5.41, 5.74) is 0.593. The van der Waals surface area contributed by atoms with E-state index in [9.17, 15) is 4.79 Å². The molecule has 0 aliphatic carbocycles. The molecule has 0 saturated carbocycles. The first-order chi connectivity index (χ1) is 8.15.